The Hall–Kier alpha value is -0.570. The van der Waals surface area contributed by atoms with Gasteiger partial charge in [0.05, 0.1) is 5.88 Å². The van der Waals surface area contributed by atoms with E-state index in [0.29, 0.717) is 12.4 Å². The standard InChI is InChI=1S/C10H14ClNO/c11-6-10(13)8-12-7-9-4-2-1-3-5-9/h1-5,10,12-13H,6-8H2/p+1/t10-/m0/s1. The average Bonchev–Trinajstić information content (AvgIpc) is 2.19. The van der Waals surface area contributed by atoms with E-state index >= 15 is 0 Å². The number of benzene rings is 1. The Morgan fingerprint density at radius 2 is 2.00 bits per heavy atom. The number of alkyl halides is 1. The summed E-state index contributed by atoms with van der Waals surface area (Å²) in [6, 6.07) is 10.2. The fourth-order valence-electron chi connectivity index (χ4n) is 1.12. The summed E-state index contributed by atoms with van der Waals surface area (Å²) in [6.07, 6.45) is -0.398. The van der Waals surface area contributed by atoms with E-state index in [1.807, 2.05) is 18.2 Å². The van der Waals surface area contributed by atoms with Crippen molar-refractivity contribution >= 4 is 11.6 Å². The third kappa shape index (κ3) is 4.27. The lowest BCUT2D eigenvalue weighted by atomic mass is 10.2. The molecule has 1 aromatic carbocycles. The molecule has 0 unspecified atom stereocenters. The van der Waals surface area contributed by atoms with Gasteiger partial charge in [-0.2, -0.15) is 0 Å². The minimum Gasteiger partial charge on any atom is -0.386 e. The summed E-state index contributed by atoms with van der Waals surface area (Å²) in [4.78, 5) is 0. The summed E-state index contributed by atoms with van der Waals surface area (Å²) >= 11 is 5.46. The number of quaternary nitrogens is 1. The molecule has 0 aliphatic carbocycles. The Kier molecular flexibility index (Phi) is 4.83. The van der Waals surface area contributed by atoms with Crippen molar-refractivity contribution in [2.45, 2.75) is 12.6 Å². The molecular weight excluding hydrogens is 186 g/mol. The predicted octanol–water partition coefficient (Wildman–Crippen LogP) is 0.350. The van der Waals surface area contributed by atoms with Gasteiger partial charge in [0, 0.05) is 5.56 Å². The highest BCUT2D eigenvalue weighted by Gasteiger charge is 2.03. The molecule has 0 fully saturated rings. The Bertz CT molecular complexity index is 228. The van der Waals surface area contributed by atoms with Crippen molar-refractivity contribution in [3.05, 3.63) is 35.9 Å². The van der Waals surface area contributed by atoms with Gasteiger partial charge in [-0.15, -0.1) is 11.6 Å². The van der Waals surface area contributed by atoms with Crippen LogP contribution in [0.1, 0.15) is 5.56 Å². The van der Waals surface area contributed by atoms with Crippen LogP contribution in [0.2, 0.25) is 0 Å². The van der Waals surface area contributed by atoms with Crippen LogP contribution in [0.15, 0.2) is 30.3 Å². The summed E-state index contributed by atoms with van der Waals surface area (Å²) in [6.45, 7) is 1.56. The quantitative estimate of drug-likeness (QED) is 0.662. The van der Waals surface area contributed by atoms with Crippen LogP contribution in [0.5, 0.6) is 0 Å². The van der Waals surface area contributed by atoms with Crippen LogP contribution >= 0.6 is 11.6 Å². The van der Waals surface area contributed by atoms with Crippen molar-refractivity contribution in [3.63, 3.8) is 0 Å². The van der Waals surface area contributed by atoms with Gasteiger partial charge in [0.1, 0.15) is 19.2 Å². The van der Waals surface area contributed by atoms with Gasteiger partial charge in [0.2, 0.25) is 0 Å². The summed E-state index contributed by atoms with van der Waals surface area (Å²) in [5, 5.41) is 11.2. The van der Waals surface area contributed by atoms with E-state index in [-0.39, 0.29) is 0 Å². The predicted molar refractivity (Wildman–Crippen MR) is 53.7 cm³/mol. The highest BCUT2D eigenvalue weighted by Crippen LogP contribution is 1.94. The van der Waals surface area contributed by atoms with E-state index in [2.05, 4.69) is 17.4 Å². The lowest BCUT2D eigenvalue weighted by Crippen LogP contribution is -2.84. The summed E-state index contributed by atoms with van der Waals surface area (Å²) < 4.78 is 0. The molecule has 0 aliphatic heterocycles. The Morgan fingerprint density at radius 1 is 1.31 bits per heavy atom. The van der Waals surface area contributed by atoms with Crippen LogP contribution in [-0.2, 0) is 6.54 Å². The maximum atomic E-state index is 9.17. The molecule has 1 rings (SSSR count). The number of hydrogen-bond acceptors (Lipinski definition) is 1. The normalized spacial score (nSPS) is 12.8. The number of aliphatic hydroxyl groups is 1. The van der Waals surface area contributed by atoms with Gasteiger partial charge in [0.25, 0.3) is 0 Å². The molecule has 0 saturated heterocycles. The van der Waals surface area contributed by atoms with Crippen LogP contribution in [0, 0.1) is 0 Å². The van der Waals surface area contributed by atoms with Crippen LogP contribution in [0.25, 0.3) is 0 Å². The first-order valence-electron chi connectivity index (χ1n) is 4.42. The molecule has 0 radical (unpaired) electrons. The lowest BCUT2D eigenvalue weighted by molar-refractivity contribution is -0.675. The molecule has 0 saturated carbocycles. The smallest absolute Gasteiger partial charge is 0.116 e. The molecule has 3 heteroatoms. The SMILES string of the molecule is O[C@@H](CCl)C[NH2+]Cc1ccccc1. The van der Waals surface area contributed by atoms with Gasteiger partial charge in [0.15, 0.2) is 0 Å². The maximum Gasteiger partial charge on any atom is 0.116 e. The van der Waals surface area contributed by atoms with Crippen LogP contribution in [0.3, 0.4) is 0 Å². The van der Waals surface area contributed by atoms with Crippen LogP contribution < -0.4 is 5.32 Å². The van der Waals surface area contributed by atoms with Crippen LogP contribution in [-0.4, -0.2) is 23.6 Å². The molecule has 13 heavy (non-hydrogen) atoms. The highest BCUT2D eigenvalue weighted by atomic mass is 35.5. The zero-order valence-electron chi connectivity index (χ0n) is 7.49. The molecule has 0 amide bonds. The van der Waals surface area contributed by atoms with Gasteiger partial charge in [-0.25, -0.2) is 0 Å². The first-order chi connectivity index (χ1) is 6.33. The van der Waals surface area contributed by atoms with Crippen molar-refractivity contribution in [1.29, 1.82) is 0 Å². The van der Waals surface area contributed by atoms with Crippen molar-refractivity contribution < 1.29 is 10.4 Å². The Labute approximate surface area is 83.5 Å². The highest BCUT2D eigenvalue weighted by molar-refractivity contribution is 6.18. The van der Waals surface area contributed by atoms with E-state index < -0.39 is 6.10 Å². The van der Waals surface area contributed by atoms with Crippen molar-refractivity contribution in [2.24, 2.45) is 0 Å². The Morgan fingerprint density at radius 3 is 2.62 bits per heavy atom. The summed E-state index contributed by atoms with van der Waals surface area (Å²) in [5.41, 5.74) is 1.27. The van der Waals surface area contributed by atoms with E-state index in [1.165, 1.54) is 5.56 Å². The molecule has 0 heterocycles. The summed E-state index contributed by atoms with van der Waals surface area (Å²) in [7, 11) is 0. The van der Waals surface area contributed by atoms with E-state index in [4.69, 9.17) is 11.6 Å². The molecule has 2 nitrogen and oxygen atoms in total. The lowest BCUT2D eigenvalue weighted by Gasteiger charge is -2.05. The first-order valence-corrected chi connectivity index (χ1v) is 4.96. The molecule has 0 spiro atoms. The fourth-order valence-corrected chi connectivity index (χ4v) is 1.25. The molecular formula is C10H15ClNO+. The molecule has 72 valence electrons. The number of rotatable bonds is 5. The number of halogens is 1. The number of hydrogen-bond donors (Lipinski definition) is 2. The van der Waals surface area contributed by atoms with Crippen molar-refractivity contribution in [1.82, 2.24) is 0 Å². The van der Waals surface area contributed by atoms with Gasteiger partial charge < -0.3 is 10.4 Å². The first kappa shape index (κ1) is 10.5. The minimum atomic E-state index is -0.398. The van der Waals surface area contributed by atoms with Crippen molar-refractivity contribution in [3.8, 4) is 0 Å². The second kappa shape index (κ2) is 5.97. The zero-order chi connectivity index (χ0) is 9.52. The molecule has 0 aliphatic rings. The molecule has 1 aromatic rings. The number of aliphatic hydroxyl groups excluding tert-OH is 1. The fraction of sp³-hybridized carbons (Fsp3) is 0.400. The van der Waals surface area contributed by atoms with E-state index in [1.54, 1.807) is 0 Å². The minimum absolute atomic E-state index is 0.311. The van der Waals surface area contributed by atoms with Gasteiger partial charge in [-0.1, -0.05) is 30.3 Å². The molecule has 3 N–H and O–H groups in total. The largest absolute Gasteiger partial charge is 0.386 e. The topological polar surface area (TPSA) is 36.8 Å². The maximum absolute atomic E-state index is 9.17. The number of nitrogens with two attached hydrogens (primary N) is 1. The third-order valence-electron chi connectivity index (χ3n) is 1.84. The van der Waals surface area contributed by atoms with Crippen molar-refractivity contribution in [2.75, 3.05) is 12.4 Å². The average molecular weight is 201 g/mol. The van der Waals surface area contributed by atoms with Gasteiger partial charge in [-0.3, -0.25) is 0 Å². The molecule has 1 atom stereocenters. The molecule has 0 aromatic heterocycles. The van der Waals surface area contributed by atoms with E-state index in [0.717, 1.165) is 6.54 Å². The van der Waals surface area contributed by atoms with Gasteiger partial charge in [-0.05, 0) is 0 Å². The van der Waals surface area contributed by atoms with Crippen LogP contribution in [0.4, 0.5) is 0 Å². The second-order valence-electron chi connectivity index (χ2n) is 3.02. The van der Waals surface area contributed by atoms with E-state index in [9.17, 15) is 5.11 Å². The third-order valence-corrected chi connectivity index (χ3v) is 2.20. The van der Waals surface area contributed by atoms with Gasteiger partial charge >= 0.3 is 0 Å². The molecule has 0 bridgehead atoms. The Balaban J connectivity index is 2.20. The second-order valence-corrected chi connectivity index (χ2v) is 3.33. The summed E-state index contributed by atoms with van der Waals surface area (Å²) in [5.74, 6) is 0.311. The monoisotopic (exact) mass is 200 g/mol. The zero-order valence-corrected chi connectivity index (χ0v) is 8.24.